The second-order valence-corrected chi connectivity index (χ2v) is 7.47. The Balaban J connectivity index is -0.000000572. The minimum absolute atomic E-state index is 0.139. The first-order valence-electron chi connectivity index (χ1n) is 12.1. The SMILES string of the molecule is C=CC(=O)O.CCCCCCCC/C=C\CCCCCCCC(=O)O.OCCNCCO. The van der Waals surface area contributed by atoms with Gasteiger partial charge in [-0.1, -0.05) is 77.0 Å². The van der Waals surface area contributed by atoms with Crippen molar-refractivity contribution in [3.63, 3.8) is 0 Å². The quantitative estimate of drug-likeness (QED) is 0.0992. The summed E-state index contributed by atoms with van der Waals surface area (Å²) in [5.74, 6) is -1.65. The van der Waals surface area contributed by atoms with Gasteiger partial charge in [0.25, 0.3) is 0 Å². The van der Waals surface area contributed by atoms with E-state index in [2.05, 4.69) is 31.0 Å². The van der Waals surface area contributed by atoms with Crippen molar-refractivity contribution in [2.24, 2.45) is 0 Å². The molecule has 0 saturated heterocycles. The van der Waals surface area contributed by atoms with E-state index in [1.54, 1.807) is 0 Å². The molecule has 0 aromatic rings. The topological polar surface area (TPSA) is 127 Å². The Morgan fingerprint density at radius 1 is 0.750 bits per heavy atom. The van der Waals surface area contributed by atoms with Gasteiger partial charge in [-0.2, -0.15) is 0 Å². The fourth-order valence-electron chi connectivity index (χ4n) is 2.63. The second-order valence-electron chi connectivity index (χ2n) is 7.47. The summed E-state index contributed by atoms with van der Waals surface area (Å²) in [5.41, 5.74) is 0. The van der Waals surface area contributed by atoms with Gasteiger partial charge in [0.05, 0.1) is 13.2 Å². The first-order chi connectivity index (χ1) is 15.5. The largest absolute Gasteiger partial charge is 0.481 e. The average molecular weight is 460 g/mol. The predicted octanol–water partition coefficient (Wildman–Crippen LogP) is 4.93. The van der Waals surface area contributed by atoms with Crippen LogP contribution in [0.25, 0.3) is 0 Å². The molecule has 0 unspecified atom stereocenters. The van der Waals surface area contributed by atoms with Gasteiger partial charge < -0.3 is 25.7 Å². The number of aliphatic hydroxyl groups is 2. The van der Waals surface area contributed by atoms with E-state index in [1.807, 2.05) is 0 Å². The highest BCUT2D eigenvalue weighted by atomic mass is 16.4. The first-order valence-corrected chi connectivity index (χ1v) is 12.1. The number of hydrogen-bond donors (Lipinski definition) is 5. The monoisotopic (exact) mass is 459 g/mol. The molecule has 0 rings (SSSR count). The van der Waals surface area contributed by atoms with Gasteiger partial charge in [0.1, 0.15) is 0 Å². The number of aliphatic carboxylic acids is 2. The molecule has 0 bridgehead atoms. The molecule has 0 heterocycles. The van der Waals surface area contributed by atoms with Crippen LogP contribution in [0.1, 0.15) is 96.8 Å². The van der Waals surface area contributed by atoms with Crippen LogP contribution in [0.4, 0.5) is 0 Å². The number of hydrogen-bond acceptors (Lipinski definition) is 5. The summed E-state index contributed by atoms with van der Waals surface area (Å²) in [6.45, 7) is 6.64. The zero-order valence-electron chi connectivity index (χ0n) is 20.3. The fraction of sp³-hybridized carbons (Fsp3) is 0.760. The molecule has 7 heteroatoms. The van der Waals surface area contributed by atoms with E-state index in [9.17, 15) is 9.59 Å². The lowest BCUT2D eigenvalue weighted by molar-refractivity contribution is -0.137. The molecule has 0 spiro atoms. The molecular formula is C25H49NO6. The van der Waals surface area contributed by atoms with Crippen molar-refractivity contribution in [3.8, 4) is 0 Å². The molecule has 190 valence electrons. The highest BCUT2D eigenvalue weighted by Crippen LogP contribution is 2.09. The lowest BCUT2D eigenvalue weighted by atomic mass is 10.1. The van der Waals surface area contributed by atoms with E-state index in [4.69, 9.17) is 20.4 Å². The van der Waals surface area contributed by atoms with E-state index in [-0.39, 0.29) is 13.2 Å². The summed E-state index contributed by atoms with van der Waals surface area (Å²) < 4.78 is 0. The molecule has 32 heavy (non-hydrogen) atoms. The van der Waals surface area contributed by atoms with Crippen molar-refractivity contribution in [2.75, 3.05) is 26.3 Å². The maximum atomic E-state index is 10.3. The van der Waals surface area contributed by atoms with Crippen LogP contribution in [0.15, 0.2) is 24.8 Å². The summed E-state index contributed by atoms with van der Waals surface area (Å²) in [4.78, 5) is 19.6. The molecule has 0 amide bonds. The van der Waals surface area contributed by atoms with Crippen molar-refractivity contribution in [1.82, 2.24) is 5.32 Å². The molecule has 5 N–H and O–H groups in total. The van der Waals surface area contributed by atoms with E-state index in [1.165, 1.54) is 70.6 Å². The number of rotatable bonds is 20. The predicted molar refractivity (Wildman–Crippen MR) is 132 cm³/mol. The third-order valence-electron chi connectivity index (χ3n) is 4.40. The molecule has 0 aromatic carbocycles. The van der Waals surface area contributed by atoms with Gasteiger partial charge >= 0.3 is 11.9 Å². The lowest BCUT2D eigenvalue weighted by Gasteiger charge is -1.99. The van der Waals surface area contributed by atoms with Crippen LogP contribution in [0.3, 0.4) is 0 Å². The summed E-state index contributed by atoms with van der Waals surface area (Å²) >= 11 is 0. The highest BCUT2D eigenvalue weighted by molar-refractivity contribution is 5.78. The number of carbonyl (C=O) groups is 2. The zero-order valence-corrected chi connectivity index (χ0v) is 20.3. The van der Waals surface area contributed by atoms with Crippen molar-refractivity contribution in [2.45, 2.75) is 96.8 Å². The maximum Gasteiger partial charge on any atom is 0.327 e. The second kappa shape index (κ2) is 33.9. The summed E-state index contributed by atoms with van der Waals surface area (Å²) in [6.07, 6.45) is 22.1. The van der Waals surface area contributed by atoms with E-state index >= 15 is 0 Å². The minimum Gasteiger partial charge on any atom is -0.481 e. The maximum absolute atomic E-state index is 10.3. The number of nitrogens with one attached hydrogen (secondary N) is 1. The molecular weight excluding hydrogens is 410 g/mol. The van der Waals surface area contributed by atoms with Crippen LogP contribution in [0.2, 0.25) is 0 Å². The van der Waals surface area contributed by atoms with Crippen LogP contribution >= 0.6 is 0 Å². The number of allylic oxidation sites excluding steroid dienone is 2. The van der Waals surface area contributed by atoms with Crippen molar-refractivity contribution < 1.29 is 30.0 Å². The summed E-state index contributed by atoms with van der Waals surface area (Å²) in [7, 11) is 0. The standard InChI is InChI=1S/C18H34O2.C4H11NO2.C3H4O2/c1-2-3-4-5-6-7-8-9-10-11-12-13-14-15-16-17-18(19)20;6-3-1-5-2-4-7;1-2-3(4)5/h9-10H,2-8,11-17H2,1H3,(H,19,20);5-7H,1-4H2;2H,1H2,(H,4,5)/b10-9-;;. The van der Waals surface area contributed by atoms with Crippen molar-refractivity contribution in [3.05, 3.63) is 24.8 Å². The third-order valence-corrected chi connectivity index (χ3v) is 4.40. The number of carboxylic acids is 2. The van der Waals surface area contributed by atoms with Crippen LogP contribution in [0, 0.1) is 0 Å². The van der Waals surface area contributed by atoms with E-state index < -0.39 is 11.9 Å². The van der Waals surface area contributed by atoms with Gasteiger partial charge in [-0.3, -0.25) is 4.79 Å². The molecule has 0 aliphatic heterocycles. The molecule has 0 atom stereocenters. The number of unbranched alkanes of at least 4 members (excludes halogenated alkanes) is 11. The Labute approximate surface area is 195 Å². The molecule has 0 aliphatic carbocycles. The van der Waals surface area contributed by atoms with Gasteiger partial charge in [0.2, 0.25) is 0 Å². The Morgan fingerprint density at radius 3 is 1.53 bits per heavy atom. The van der Waals surface area contributed by atoms with E-state index in [0.29, 0.717) is 19.5 Å². The van der Waals surface area contributed by atoms with Crippen LogP contribution < -0.4 is 5.32 Å². The van der Waals surface area contributed by atoms with Gasteiger partial charge in [-0.15, -0.1) is 0 Å². The highest BCUT2D eigenvalue weighted by Gasteiger charge is 1.95. The molecule has 0 saturated carbocycles. The van der Waals surface area contributed by atoms with Crippen molar-refractivity contribution >= 4 is 11.9 Å². The Kier molecular flexibility index (Phi) is 37.0. The fourth-order valence-corrected chi connectivity index (χ4v) is 2.63. The van der Waals surface area contributed by atoms with Crippen molar-refractivity contribution in [1.29, 1.82) is 0 Å². The van der Waals surface area contributed by atoms with E-state index in [0.717, 1.165) is 18.9 Å². The van der Waals surface area contributed by atoms with Crippen LogP contribution in [-0.2, 0) is 9.59 Å². The van der Waals surface area contributed by atoms with Gasteiger partial charge in [0.15, 0.2) is 0 Å². The average Bonchev–Trinajstić information content (AvgIpc) is 2.77. The van der Waals surface area contributed by atoms with Crippen LogP contribution in [0.5, 0.6) is 0 Å². The molecule has 7 nitrogen and oxygen atoms in total. The zero-order chi connectivity index (χ0) is 24.7. The molecule has 0 fully saturated rings. The summed E-state index contributed by atoms with van der Waals surface area (Å²) in [6, 6.07) is 0. The van der Waals surface area contributed by atoms with Gasteiger partial charge in [-0.25, -0.2) is 4.79 Å². The first kappa shape index (κ1) is 34.9. The van der Waals surface area contributed by atoms with Gasteiger partial charge in [0, 0.05) is 25.6 Å². The third kappa shape index (κ3) is 46.5. The van der Waals surface area contributed by atoms with Gasteiger partial charge in [-0.05, 0) is 32.1 Å². The Bertz CT molecular complexity index is 423. The molecule has 0 aliphatic rings. The number of carboxylic acid groups (broad SMARTS) is 2. The molecule has 0 radical (unpaired) electrons. The normalized spacial score (nSPS) is 10.1. The lowest BCUT2D eigenvalue weighted by Crippen LogP contribution is -2.21. The smallest absolute Gasteiger partial charge is 0.327 e. The Hall–Kier alpha value is -1.70. The number of aliphatic hydroxyl groups excluding tert-OH is 2. The molecule has 0 aromatic heterocycles. The summed E-state index contributed by atoms with van der Waals surface area (Å²) in [5, 5.41) is 35.2. The van der Waals surface area contributed by atoms with Crippen LogP contribution in [-0.4, -0.2) is 58.7 Å². The Morgan fingerprint density at radius 2 is 1.16 bits per heavy atom. The minimum atomic E-state index is -0.981.